The zero-order valence-electron chi connectivity index (χ0n) is 12.8. The molecule has 1 saturated heterocycles. The Morgan fingerprint density at radius 2 is 1.78 bits per heavy atom. The summed E-state index contributed by atoms with van der Waals surface area (Å²) >= 11 is 0. The van der Waals surface area contributed by atoms with Gasteiger partial charge in [0.25, 0.3) is 0 Å². The van der Waals surface area contributed by atoms with Crippen molar-refractivity contribution < 1.29 is 17.6 Å². The van der Waals surface area contributed by atoms with Crippen LogP contribution in [0.1, 0.15) is 13.3 Å². The average Bonchev–Trinajstić information content (AvgIpc) is 2.73. The third kappa shape index (κ3) is 4.63. The third-order valence-electron chi connectivity index (χ3n) is 3.61. The summed E-state index contributed by atoms with van der Waals surface area (Å²) in [6, 6.07) is 4.15. The van der Waals surface area contributed by atoms with E-state index in [2.05, 4.69) is 0 Å². The lowest BCUT2D eigenvalue weighted by Gasteiger charge is -2.23. The first kappa shape index (κ1) is 19.8. The van der Waals surface area contributed by atoms with E-state index in [4.69, 9.17) is 5.73 Å². The standard InChI is InChI=1S/C14H20FN3O3S.ClH/c1-11(16)14(19)17-7-2-8-18(10-9-17)22(20,21)13-5-3-12(15)4-6-13;/h3-6,11H,2,7-10,16H2,1H3;1H. The van der Waals surface area contributed by atoms with Crippen LogP contribution in [0.5, 0.6) is 0 Å². The largest absolute Gasteiger partial charge is 0.340 e. The Kier molecular flexibility index (Phi) is 6.94. The zero-order chi connectivity index (χ0) is 16.3. The monoisotopic (exact) mass is 365 g/mol. The van der Waals surface area contributed by atoms with Crippen molar-refractivity contribution in [2.75, 3.05) is 26.2 Å². The van der Waals surface area contributed by atoms with Gasteiger partial charge in [0.1, 0.15) is 5.82 Å². The molecule has 0 bridgehead atoms. The van der Waals surface area contributed by atoms with Crippen LogP contribution < -0.4 is 5.73 Å². The SMILES string of the molecule is CC(N)C(=O)N1CCCN(S(=O)(=O)c2ccc(F)cc2)CC1.Cl. The van der Waals surface area contributed by atoms with E-state index in [-0.39, 0.29) is 29.8 Å². The molecule has 1 aliphatic rings. The van der Waals surface area contributed by atoms with Gasteiger partial charge in [-0.3, -0.25) is 4.79 Å². The van der Waals surface area contributed by atoms with Gasteiger partial charge in [-0.1, -0.05) is 0 Å². The third-order valence-corrected chi connectivity index (χ3v) is 5.52. The molecule has 0 spiro atoms. The molecule has 1 fully saturated rings. The van der Waals surface area contributed by atoms with Crippen LogP contribution in [0.4, 0.5) is 4.39 Å². The zero-order valence-corrected chi connectivity index (χ0v) is 14.4. The quantitative estimate of drug-likeness (QED) is 0.859. The number of hydrogen-bond acceptors (Lipinski definition) is 4. The molecule has 1 atom stereocenters. The summed E-state index contributed by atoms with van der Waals surface area (Å²) in [5.41, 5.74) is 5.58. The normalized spacial score (nSPS) is 18.0. The van der Waals surface area contributed by atoms with E-state index in [9.17, 15) is 17.6 Å². The summed E-state index contributed by atoms with van der Waals surface area (Å²) < 4.78 is 39.3. The van der Waals surface area contributed by atoms with E-state index in [0.29, 0.717) is 26.1 Å². The molecule has 1 amide bonds. The molecule has 6 nitrogen and oxygen atoms in total. The van der Waals surface area contributed by atoms with Crippen molar-refractivity contribution in [3.05, 3.63) is 30.1 Å². The summed E-state index contributed by atoms with van der Waals surface area (Å²) in [6.45, 7) is 2.93. The molecule has 130 valence electrons. The molecule has 0 radical (unpaired) electrons. The number of rotatable bonds is 3. The molecule has 1 aromatic rings. The van der Waals surface area contributed by atoms with Crippen molar-refractivity contribution >= 4 is 28.3 Å². The minimum Gasteiger partial charge on any atom is -0.340 e. The summed E-state index contributed by atoms with van der Waals surface area (Å²) in [6.07, 6.45) is 0.541. The van der Waals surface area contributed by atoms with Gasteiger partial charge in [0.15, 0.2) is 0 Å². The summed E-state index contributed by atoms with van der Waals surface area (Å²) in [4.78, 5) is 13.6. The van der Waals surface area contributed by atoms with Crippen LogP contribution in [0, 0.1) is 5.82 Å². The van der Waals surface area contributed by atoms with E-state index in [0.717, 1.165) is 12.1 Å². The van der Waals surface area contributed by atoms with E-state index < -0.39 is 21.9 Å². The summed E-state index contributed by atoms with van der Waals surface area (Å²) in [5, 5.41) is 0. The Morgan fingerprint density at radius 3 is 2.35 bits per heavy atom. The molecule has 1 unspecified atom stereocenters. The van der Waals surface area contributed by atoms with Gasteiger partial charge in [0.2, 0.25) is 15.9 Å². The van der Waals surface area contributed by atoms with Crippen LogP contribution in [0.15, 0.2) is 29.2 Å². The number of nitrogens with zero attached hydrogens (tertiary/aromatic N) is 2. The van der Waals surface area contributed by atoms with E-state index in [1.54, 1.807) is 11.8 Å². The summed E-state index contributed by atoms with van der Waals surface area (Å²) in [7, 11) is -3.67. The molecular formula is C14H21ClFN3O3S. The fraction of sp³-hybridized carbons (Fsp3) is 0.500. The Balaban J connectivity index is 0.00000264. The Hall–Kier alpha value is -1.22. The fourth-order valence-electron chi connectivity index (χ4n) is 2.40. The van der Waals surface area contributed by atoms with Crippen molar-refractivity contribution in [2.45, 2.75) is 24.3 Å². The molecule has 1 heterocycles. The minimum absolute atomic E-state index is 0. The second-order valence-corrected chi connectivity index (χ2v) is 7.26. The van der Waals surface area contributed by atoms with E-state index in [1.807, 2.05) is 0 Å². The average molecular weight is 366 g/mol. The van der Waals surface area contributed by atoms with Gasteiger partial charge in [0.05, 0.1) is 10.9 Å². The number of amides is 1. The highest BCUT2D eigenvalue weighted by molar-refractivity contribution is 7.89. The van der Waals surface area contributed by atoms with Crippen molar-refractivity contribution in [2.24, 2.45) is 5.73 Å². The van der Waals surface area contributed by atoms with Gasteiger partial charge in [-0.2, -0.15) is 4.31 Å². The van der Waals surface area contributed by atoms with Crippen LogP contribution >= 0.6 is 12.4 Å². The number of nitrogens with two attached hydrogens (primary N) is 1. The van der Waals surface area contributed by atoms with Crippen molar-refractivity contribution in [1.29, 1.82) is 0 Å². The van der Waals surface area contributed by atoms with Gasteiger partial charge >= 0.3 is 0 Å². The first-order valence-electron chi connectivity index (χ1n) is 7.12. The molecule has 0 aromatic heterocycles. The van der Waals surface area contributed by atoms with Gasteiger partial charge in [-0.25, -0.2) is 12.8 Å². The molecule has 1 aromatic carbocycles. The maximum atomic E-state index is 12.9. The predicted molar refractivity (Wildman–Crippen MR) is 87.3 cm³/mol. The maximum Gasteiger partial charge on any atom is 0.243 e. The number of hydrogen-bond donors (Lipinski definition) is 1. The van der Waals surface area contributed by atoms with Gasteiger partial charge in [-0.15, -0.1) is 12.4 Å². The van der Waals surface area contributed by atoms with Gasteiger partial charge < -0.3 is 10.6 Å². The lowest BCUT2D eigenvalue weighted by molar-refractivity contribution is -0.132. The first-order chi connectivity index (χ1) is 10.3. The number of carbonyl (C=O) groups is 1. The lowest BCUT2D eigenvalue weighted by atomic mass is 10.3. The number of benzene rings is 1. The van der Waals surface area contributed by atoms with E-state index in [1.165, 1.54) is 16.4 Å². The molecule has 0 aliphatic carbocycles. The lowest BCUT2D eigenvalue weighted by Crippen LogP contribution is -2.44. The molecule has 9 heteroatoms. The minimum atomic E-state index is -3.67. The summed E-state index contributed by atoms with van der Waals surface area (Å²) in [5.74, 6) is -0.662. The Morgan fingerprint density at radius 1 is 1.17 bits per heavy atom. The second kappa shape index (κ2) is 8.05. The molecular weight excluding hydrogens is 345 g/mol. The molecule has 0 saturated carbocycles. The second-order valence-electron chi connectivity index (χ2n) is 5.33. The van der Waals surface area contributed by atoms with Gasteiger partial charge in [-0.05, 0) is 37.6 Å². The predicted octanol–water partition coefficient (Wildman–Crippen LogP) is 0.818. The number of halogens is 2. The van der Waals surface area contributed by atoms with Crippen LogP contribution in [0.3, 0.4) is 0 Å². The van der Waals surface area contributed by atoms with Crippen LogP contribution in [0.25, 0.3) is 0 Å². The van der Waals surface area contributed by atoms with Crippen molar-refractivity contribution in [3.63, 3.8) is 0 Å². The smallest absolute Gasteiger partial charge is 0.243 e. The maximum absolute atomic E-state index is 12.9. The highest BCUT2D eigenvalue weighted by Crippen LogP contribution is 2.18. The van der Waals surface area contributed by atoms with Crippen LogP contribution in [0.2, 0.25) is 0 Å². The molecule has 2 N–H and O–H groups in total. The van der Waals surface area contributed by atoms with Crippen LogP contribution in [-0.2, 0) is 14.8 Å². The topological polar surface area (TPSA) is 83.7 Å². The van der Waals surface area contributed by atoms with Crippen LogP contribution in [-0.4, -0.2) is 55.8 Å². The highest BCUT2D eigenvalue weighted by Gasteiger charge is 2.28. The molecule has 1 aliphatic heterocycles. The Bertz CT molecular complexity index is 637. The fourth-order valence-corrected chi connectivity index (χ4v) is 3.87. The Labute approximate surface area is 141 Å². The van der Waals surface area contributed by atoms with Crippen molar-refractivity contribution in [3.8, 4) is 0 Å². The molecule has 2 rings (SSSR count). The molecule has 23 heavy (non-hydrogen) atoms. The van der Waals surface area contributed by atoms with Crippen molar-refractivity contribution in [1.82, 2.24) is 9.21 Å². The van der Waals surface area contributed by atoms with E-state index >= 15 is 0 Å². The first-order valence-corrected chi connectivity index (χ1v) is 8.56. The van der Waals surface area contributed by atoms with Gasteiger partial charge in [0, 0.05) is 26.2 Å². The highest BCUT2D eigenvalue weighted by atomic mass is 35.5. The number of sulfonamides is 1. The number of carbonyl (C=O) groups excluding carboxylic acids is 1.